The molecule has 0 N–H and O–H groups in total. The quantitative estimate of drug-likeness (QED) is 0.547. The van der Waals surface area contributed by atoms with Crippen LogP contribution in [0.4, 0.5) is 4.39 Å². The van der Waals surface area contributed by atoms with Crippen LogP contribution in [-0.4, -0.2) is 0 Å². The van der Waals surface area contributed by atoms with Gasteiger partial charge >= 0.3 is 0 Å². The van der Waals surface area contributed by atoms with E-state index in [0.29, 0.717) is 15.0 Å². The van der Waals surface area contributed by atoms with E-state index in [0.717, 1.165) is 11.1 Å². The maximum Gasteiger partial charge on any atom is 0.138 e. The molecule has 0 saturated heterocycles. The largest absolute Gasteiger partial charge is 0.206 e. The fraction of sp³-hybridized carbons (Fsp3) is 0.0769. The average Bonchev–Trinajstić information content (AvgIpc) is 2.27. The van der Waals surface area contributed by atoms with Crippen LogP contribution in [0.2, 0.25) is 5.02 Å². The Bertz CT molecular complexity index is 474. The number of benzene rings is 2. The Kier molecular flexibility index (Phi) is 3.82. The highest BCUT2D eigenvalue weighted by molar-refractivity contribution is 14.1. The van der Waals surface area contributed by atoms with E-state index in [1.165, 1.54) is 0 Å². The zero-order valence-electron chi connectivity index (χ0n) is 8.38. The van der Waals surface area contributed by atoms with Gasteiger partial charge in [-0.3, -0.25) is 0 Å². The van der Waals surface area contributed by atoms with Crippen molar-refractivity contribution in [3.63, 3.8) is 0 Å². The second-order valence-electron chi connectivity index (χ2n) is 3.54. The summed E-state index contributed by atoms with van der Waals surface area (Å²) >= 11 is 7.85. The predicted octanol–water partition coefficient (Wildman–Crippen LogP) is 4.67. The zero-order chi connectivity index (χ0) is 11.5. The van der Waals surface area contributed by atoms with Crippen molar-refractivity contribution in [2.45, 2.75) is 6.42 Å². The molecule has 0 amide bonds. The number of hydrogen-bond acceptors (Lipinski definition) is 0. The first-order chi connectivity index (χ1) is 7.66. The molecular formula is C13H9ClFI. The molecule has 0 unspecified atom stereocenters. The van der Waals surface area contributed by atoms with E-state index in [1.54, 1.807) is 6.07 Å². The van der Waals surface area contributed by atoms with E-state index >= 15 is 0 Å². The summed E-state index contributed by atoms with van der Waals surface area (Å²) in [6.45, 7) is 0. The van der Waals surface area contributed by atoms with Gasteiger partial charge in [0.05, 0.1) is 8.59 Å². The van der Waals surface area contributed by atoms with Crippen molar-refractivity contribution in [2.24, 2.45) is 0 Å². The zero-order valence-corrected chi connectivity index (χ0v) is 11.3. The summed E-state index contributed by atoms with van der Waals surface area (Å²) < 4.78 is 13.9. The SMILES string of the molecule is Fc1cc(Cc2ccccc2)cc(Cl)c1I. The molecule has 0 saturated carbocycles. The summed E-state index contributed by atoms with van der Waals surface area (Å²) in [7, 11) is 0. The van der Waals surface area contributed by atoms with Crippen molar-refractivity contribution in [3.05, 3.63) is 68.0 Å². The molecule has 16 heavy (non-hydrogen) atoms. The molecule has 0 aliphatic rings. The van der Waals surface area contributed by atoms with Crippen LogP contribution in [0.1, 0.15) is 11.1 Å². The number of halogens is 3. The molecule has 0 aromatic heterocycles. The van der Waals surface area contributed by atoms with Crippen LogP contribution in [0.25, 0.3) is 0 Å². The van der Waals surface area contributed by atoms with E-state index in [4.69, 9.17) is 11.6 Å². The maximum absolute atomic E-state index is 13.5. The Hall–Kier alpha value is -0.610. The molecule has 0 nitrogen and oxygen atoms in total. The van der Waals surface area contributed by atoms with Gasteiger partial charge in [0, 0.05) is 0 Å². The van der Waals surface area contributed by atoms with Crippen LogP contribution in [0.15, 0.2) is 42.5 Å². The van der Waals surface area contributed by atoms with Crippen molar-refractivity contribution < 1.29 is 4.39 Å². The summed E-state index contributed by atoms with van der Waals surface area (Å²) in [6, 6.07) is 13.3. The Labute approximate surface area is 113 Å². The van der Waals surface area contributed by atoms with Gasteiger partial charge in [-0.25, -0.2) is 4.39 Å². The lowest BCUT2D eigenvalue weighted by atomic mass is 10.1. The molecule has 0 heterocycles. The summed E-state index contributed by atoms with van der Waals surface area (Å²) in [5.41, 5.74) is 2.05. The molecule has 0 fully saturated rings. The van der Waals surface area contributed by atoms with Gasteiger partial charge in [0.1, 0.15) is 5.82 Å². The Morgan fingerprint density at radius 2 is 1.75 bits per heavy atom. The third kappa shape index (κ3) is 2.74. The first-order valence-electron chi connectivity index (χ1n) is 4.84. The predicted molar refractivity (Wildman–Crippen MR) is 73.4 cm³/mol. The lowest BCUT2D eigenvalue weighted by Crippen LogP contribution is -1.92. The summed E-state index contributed by atoms with van der Waals surface area (Å²) in [4.78, 5) is 0. The molecule has 2 rings (SSSR count). The minimum Gasteiger partial charge on any atom is -0.206 e. The molecular weight excluding hydrogens is 337 g/mol. The normalized spacial score (nSPS) is 10.4. The molecule has 0 aliphatic carbocycles. The van der Waals surface area contributed by atoms with Gasteiger partial charge in [-0.2, -0.15) is 0 Å². The van der Waals surface area contributed by atoms with Gasteiger partial charge in [0.15, 0.2) is 0 Å². The van der Waals surface area contributed by atoms with Crippen LogP contribution in [-0.2, 0) is 6.42 Å². The van der Waals surface area contributed by atoms with E-state index < -0.39 is 0 Å². The molecule has 0 aliphatic heterocycles. The lowest BCUT2D eigenvalue weighted by molar-refractivity contribution is 0.618. The molecule has 0 atom stereocenters. The van der Waals surface area contributed by atoms with Gasteiger partial charge in [-0.05, 0) is 52.3 Å². The van der Waals surface area contributed by atoms with Crippen LogP contribution >= 0.6 is 34.2 Å². The topological polar surface area (TPSA) is 0 Å². The number of rotatable bonds is 2. The highest BCUT2D eigenvalue weighted by Crippen LogP contribution is 2.24. The van der Waals surface area contributed by atoms with Gasteiger partial charge in [0.25, 0.3) is 0 Å². The first kappa shape index (κ1) is 11.9. The lowest BCUT2D eigenvalue weighted by Gasteiger charge is -2.05. The molecule has 3 heteroatoms. The van der Waals surface area contributed by atoms with Crippen molar-refractivity contribution in [2.75, 3.05) is 0 Å². The highest BCUT2D eigenvalue weighted by Gasteiger charge is 2.06. The van der Waals surface area contributed by atoms with E-state index in [1.807, 2.05) is 59.0 Å². The third-order valence-electron chi connectivity index (χ3n) is 2.29. The summed E-state index contributed by atoms with van der Waals surface area (Å²) in [6.07, 6.45) is 0.703. The monoisotopic (exact) mass is 346 g/mol. The van der Waals surface area contributed by atoms with Gasteiger partial charge in [-0.15, -0.1) is 0 Å². The van der Waals surface area contributed by atoms with Crippen molar-refractivity contribution in [1.29, 1.82) is 0 Å². The second kappa shape index (κ2) is 5.15. The molecule has 2 aromatic rings. The van der Waals surface area contributed by atoms with E-state index in [2.05, 4.69) is 0 Å². The molecule has 2 aromatic carbocycles. The fourth-order valence-electron chi connectivity index (χ4n) is 1.54. The smallest absolute Gasteiger partial charge is 0.138 e. The first-order valence-corrected chi connectivity index (χ1v) is 6.30. The van der Waals surface area contributed by atoms with Crippen molar-refractivity contribution in [1.82, 2.24) is 0 Å². The summed E-state index contributed by atoms with van der Waals surface area (Å²) in [5.74, 6) is -0.251. The van der Waals surface area contributed by atoms with Gasteiger partial charge in [0.2, 0.25) is 0 Å². The Morgan fingerprint density at radius 3 is 2.38 bits per heavy atom. The van der Waals surface area contributed by atoms with E-state index in [-0.39, 0.29) is 5.82 Å². The average molecular weight is 347 g/mol. The van der Waals surface area contributed by atoms with Crippen LogP contribution in [0, 0.1) is 9.39 Å². The highest BCUT2D eigenvalue weighted by atomic mass is 127. The van der Waals surface area contributed by atoms with Crippen LogP contribution in [0.5, 0.6) is 0 Å². The fourth-order valence-corrected chi connectivity index (χ4v) is 2.08. The van der Waals surface area contributed by atoms with Gasteiger partial charge < -0.3 is 0 Å². The maximum atomic E-state index is 13.5. The second-order valence-corrected chi connectivity index (χ2v) is 5.02. The number of hydrogen-bond donors (Lipinski definition) is 0. The van der Waals surface area contributed by atoms with E-state index in [9.17, 15) is 4.39 Å². The molecule has 0 spiro atoms. The van der Waals surface area contributed by atoms with Crippen molar-refractivity contribution >= 4 is 34.2 Å². The standard InChI is InChI=1S/C13H9ClFI/c14-11-7-10(8-12(15)13(11)16)6-9-4-2-1-3-5-9/h1-5,7-8H,6H2. The molecule has 82 valence electrons. The third-order valence-corrected chi connectivity index (χ3v) is 4.01. The van der Waals surface area contributed by atoms with Crippen LogP contribution < -0.4 is 0 Å². The minimum absolute atomic E-state index is 0.251. The minimum atomic E-state index is -0.251. The molecule has 0 bridgehead atoms. The van der Waals surface area contributed by atoms with Crippen LogP contribution in [0.3, 0.4) is 0 Å². The molecule has 0 radical (unpaired) electrons. The van der Waals surface area contributed by atoms with Gasteiger partial charge in [-0.1, -0.05) is 41.9 Å². The Balaban J connectivity index is 2.29. The Morgan fingerprint density at radius 1 is 1.06 bits per heavy atom. The van der Waals surface area contributed by atoms with Crippen molar-refractivity contribution in [3.8, 4) is 0 Å². The summed E-state index contributed by atoms with van der Waals surface area (Å²) in [5, 5.41) is 0.478.